The number of rotatable bonds is 6. The fourth-order valence-electron chi connectivity index (χ4n) is 4.75. The van der Waals surface area contributed by atoms with Crippen LogP contribution in [0.4, 0.5) is 11.4 Å². The van der Waals surface area contributed by atoms with Gasteiger partial charge in [0.25, 0.3) is 0 Å². The van der Waals surface area contributed by atoms with Gasteiger partial charge < -0.3 is 25.7 Å². The number of hydrogen-bond donors (Lipinski definition) is 4. The molecule has 0 saturated heterocycles. The lowest BCUT2D eigenvalue weighted by Crippen LogP contribution is -2.27. The summed E-state index contributed by atoms with van der Waals surface area (Å²) in [5, 5.41) is 15.1. The summed E-state index contributed by atoms with van der Waals surface area (Å²) < 4.78 is 7.76. The van der Waals surface area contributed by atoms with Gasteiger partial charge in [-0.1, -0.05) is 26.8 Å². The monoisotopic (exact) mass is 445 g/mol. The molecule has 0 unspecified atom stereocenters. The van der Waals surface area contributed by atoms with Gasteiger partial charge in [-0.2, -0.15) is 0 Å². The Balaban J connectivity index is 1.42. The Morgan fingerprint density at radius 2 is 2.00 bits per heavy atom. The standard InChI is InChI=1S/C26H31N5O2/c1-25(2,3)22-13-16-12-18(5-6-20(16)31(22)11-8-23(27)28)30-24(32)26(9-10-26)17-4-7-21-19(14-17)29-15-33-21/h4-7,12-14,29H,8-11,15H2,1-3H3,(H3,27,28)(H,30,32). The molecule has 0 radical (unpaired) electrons. The summed E-state index contributed by atoms with van der Waals surface area (Å²) >= 11 is 0. The predicted octanol–water partition coefficient (Wildman–Crippen LogP) is 4.70. The maximum absolute atomic E-state index is 13.3. The molecule has 5 rings (SSSR count). The van der Waals surface area contributed by atoms with Gasteiger partial charge in [-0.3, -0.25) is 10.2 Å². The summed E-state index contributed by atoms with van der Waals surface area (Å²) in [7, 11) is 0. The summed E-state index contributed by atoms with van der Waals surface area (Å²) in [6, 6.07) is 14.2. The highest BCUT2D eigenvalue weighted by Crippen LogP contribution is 2.50. The lowest BCUT2D eigenvalue weighted by atomic mass is 9.92. The van der Waals surface area contributed by atoms with Gasteiger partial charge >= 0.3 is 0 Å². The van der Waals surface area contributed by atoms with Crippen molar-refractivity contribution in [1.82, 2.24) is 4.57 Å². The van der Waals surface area contributed by atoms with Gasteiger partial charge in [0.15, 0.2) is 6.73 Å². The first-order valence-electron chi connectivity index (χ1n) is 11.5. The number of nitrogens with zero attached hydrogens (tertiary/aromatic N) is 1. The molecule has 2 aliphatic rings. The molecule has 2 aromatic carbocycles. The third-order valence-electron chi connectivity index (χ3n) is 6.74. The molecule has 0 atom stereocenters. The first-order valence-corrected chi connectivity index (χ1v) is 11.5. The number of nitrogens with one attached hydrogen (secondary N) is 3. The molecule has 0 spiro atoms. The van der Waals surface area contributed by atoms with E-state index in [0.717, 1.165) is 46.4 Å². The molecular weight excluding hydrogens is 414 g/mol. The quantitative estimate of drug-likeness (QED) is 0.326. The zero-order valence-electron chi connectivity index (χ0n) is 19.4. The van der Waals surface area contributed by atoms with E-state index < -0.39 is 5.41 Å². The Labute approximate surface area is 193 Å². The Bertz CT molecular complexity index is 1260. The smallest absolute Gasteiger partial charge is 0.235 e. The van der Waals surface area contributed by atoms with Crippen LogP contribution in [0.2, 0.25) is 0 Å². The number of nitrogens with two attached hydrogens (primary N) is 1. The molecule has 1 fully saturated rings. The van der Waals surface area contributed by atoms with E-state index in [1.165, 1.54) is 5.69 Å². The topological polar surface area (TPSA) is 105 Å². The Hall–Kier alpha value is -3.48. The van der Waals surface area contributed by atoms with Crippen LogP contribution in [0.5, 0.6) is 5.75 Å². The third-order valence-corrected chi connectivity index (χ3v) is 6.74. The number of carbonyl (C=O) groups excluding carboxylic acids is 1. The van der Waals surface area contributed by atoms with Crippen molar-refractivity contribution < 1.29 is 9.53 Å². The molecule has 33 heavy (non-hydrogen) atoms. The van der Waals surface area contributed by atoms with Crippen molar-refractivity contribution in [3.05, 3.63) is 53.7 Å². The Morgan fingerprint density at radius 1 is 1.21 bits per heavy atom. The number of benzene rings is 2. The number of aryl methyl sites for hydroxylation is 1. The summed E-state index contributed by atoms with van der Waals surface area (Å²) in [6.07, 6.45) is 2.20. The average Bonchev–Trinajstić information content (AvgIpc) is 3.29. The lowest BCUT2D eigenvalue weighted by Gasteiger charge is -2.22. The minimum absolute atomic E-state index is 0.0350. The first-order chi connectivity index (χ1) is 15.7. The number of amidine groups is 1. The molecule has 1 saturated carbocycles. The van der Waals surface area contributed by atoms with Crippen LogP contribution in [0.15, 0.2) is 42.5 Å². The fraction of sp³-hybridized carbons (Fsp3) is 0.385. The molecule has 1 amide bonds. The third kappa shape index (κ3) is 3.81. The van der Waals surface area contributed by atoms with E-state index in [4.69, 9.17) is 15.9 Å². The summed E-state index contributed by atoms with van der Waals surface area (Å²) in [6.45, 7) is 7.68. The number of amides is 1. The Kier molecular flexibility index (Phi) is 4.88. The van der Waals surface area contributed by atoms with Gasteiger partial charge in [-0.25, -0.2) is 0 Å². The summed E-state index contributed by atoms with van der Waals surface area (Å²) in [4.78, 5) is 13.3. The van der Waals surface area contributed by atoms with Crippen LogP contribution in [0.1, 0.15) is 51.3 Å². The summed E-state index contributed by atoms with van der Waals surface area (Å²) in [5.74, 6) is 1.06. The van der Waals surface area contributed by atoms with Crippen molar-refractivity contribution in [2.45, 2.75) is 57.4 Å². The van der Waals surface area contributed by atoms with Gasteiger partial charge in [0.1, 0.15) is 5.75 Å². The number of anilines is 2. The van der Waals surface area contributed by atoms with E-state index in [-0.39, 0.29) is 17.2 Å². The van der Waals surface area contributed by atoms with Crippen LogP contribution in [0.3, 0.4) is 0 Å². The van der Waals surface area contributed by atoms with Crippen LogP contribution >= 0.6 is 0 Å². The van der Waals surface area contributed by atoms with Crippen molar-refractivity contribution in [1.29, 1.82) is 5.41 Å². The highest BCUT2D eigenvalue weighted by atomic mass is 16.5. The average molecular weight is 446 g/mol. The maximum atomic E-state index is 13.3. The van der Waals surface area contributed by atoms with Gasteiger partial charge in [0.05, 0.1) is 16.9 Å². The molecular formula is C26H31N5O2. The SMILES string of the molecule is CC(C)(C)c1cc2cc(NC(=O)C3(c4ccc5c(c4)NCO5)CC3)ccc2n1CCC(=N)N. The second-order valence-electron chi connectivity index (χ2n) is 10.2. The van der Waals surface area contributed by atoms with Crippen LogP contribution in [0.25, 0.3) is 10.9 Å². The van der Waals surface area contributed by atoms with Gasteiger partial charge in [0, 0.05) is 40.7 Å². The largest absolute Gasteiger partial charge is 0.471 e. The number of aromatic nitrogens is 1. The zero-order valence-corrected chi connectivity index (χ0v) is 19.4. The number of fused-ring (bicyclic) bond motifs is 2. The van der Waals surface area contributed by atoms with E-state index in [1.54, 1.807) is 0 Å². The van der Waals surface area contributed by atoms with Crippen molar-refractivity contribution in [2.75, 3.05) is 17.4 Å². The second-order valence-corrected chi connectivity index (χ2v) is 10.2. The molecule has 1 aliphatic heterocycles. The van der Waals surface area contributed by atoms with E-state index in [2.05, 4.69) is 48.1 Å². The van der Waals surface area contributed by atoms with Gasteiger partial charge in [0.2, 0.25) is 5.91 Å². The van der Waals surface area contributed by atoms with Crippen molar-refractivity contribution in [2.24, 2.45) is 5.73 Å². The number of ether oxygens (including phenoxy) is 1. The second kappa shape index (κ2) is 7.54. The van der Waals surface area contributed by atoms with Crippen molar-refractivity contribution >= 4 is 34.0 Å². The summed E-state index contributed by atoms with van der Waals surface area (Å²) in [5.41, 5.74) is 10.2. The van der Waals surface area contributed by atoms with Gasteiger partial charge in [-0.15, -0.1) is 0 Å². The van der Waals surface area contributed by atoms with Gasteiger partial charge in [-0.05, 0) is 54.8 Å². The van der Waals surface area contributed by atoms with Crippen LogP contribution in [-0.2, 0) is 22.2 Å². The number of hydrogen-bond acceptors (Lipinski definition) is 4. The van der Waals surface area contributed by atoms with E-state index in [0.29, 0.717) is 19.7 Å². The molecule has 1 aliphatic carbocycles. The van der Waals surface area contributed by atoms with Crippen LogP contribution in [-0.4, -0.2) is 23.0 Å². The highest BCUT2D eigenvalue weighted by molar-refractivity contribution is 6.02. The molecule has 7 heteroatoms. The van der Waals surface area contributed by atoms with Crippen LogP contribution < -0.4 is 21.1 Å². The first kappa shape index (κ1) is 21.4. The normalized spacial score (nSPS) is 16.1. The minimum atomic E-state index is -0.474. The molecule has 172 valence electrons. The van der Waals surface area contributed by atoms with E-state index >= 15 is 0 Å². The fourth-order valence-corrected chi connectivity index (χ4v) is 4.75. The molecule has 2 heterocycles. The minimum Gasteiger partial charge on any atom is -0.471 e. The van der Waals surface area contributed by atoms with Crippen molar-refractivity contribution in [3.63, 3.8) is 0 Å². The van der Waals surface area contributed by atoms with Crippen molar-refractivity contribution in [3.8, 4) is 5.75 Å². The number of carbonyl (C=O) groups is 1. The zero-order chi connectivity index (χ0) is 23.4. The molecule has 0 bridgehead atoms. The molecule has 3 aromatic rings. The van der Waals surface area contributed by atoms with E-state index in [9.17, 15) is 4.79 Å². The predicted molar refractivity (Wildman–Crippen MR) is 132 cm³/mol. The highest BCUT2D eigenvalue weighted by Gasteiger charge is 2.51. The molecule has 7 nitrogen and oxygen atoms in total. The maximum Gasteiger partial charge on any atom is 0.235 e. The molecule has 5 N–H and O–H groups in total. The van der Waals surface area contributed by atoms with Crippen LogP contribution in [0, 0.1) is 5.41 Å². The Morgan fingerprint density at radius 3 is 2.70 bits per heavy atom. The molecule has 1 aromatic heterocycles. The lowest BCUT2D eigenvalue weighted by molar-refractivity contribution is -0.118. The van der Waals surface area contributed by atoms with E-state index in [1.807, 2.05) is 30.3 Å².